The van der Waals surface area contributed by atoms with Gasteiger partial charge in [-0.15, -0.1) is 10.2 Å². The molecular formula is C11H7ClF2N2O2. The Labute approximate surface area is 106 Å². The second kappa shape index (κ2) is 4.81. The van der Waals surface area contributed by atoms with Gasteiger partial charge in [0.15, 0.2) is 11.5 Å². The van der Waals surface area contributed by atoms with Gasteiger partial charge < -0.3 is 4.74 Å². The Kier molecular flexibility index (Phi) is 3.38. The molecule has 0 spiro atoms. The molecule has 0 aliphatic heterocycles. The van der Waals surface area contributed by atoms with Crippen molar-refractivity contribution in [2.75, 3.05) is 6.61 Å². The second-order valence-corrected chi connectivity index (χ2v) is 3.71. The highest BCUT2D eigenvalue weighted by atomic mass is 35.5. The van der Waals surface area contributed by atoms with E-state index in [1.165, 1.54) is 0 Å². The minimum Gasteiger partial charge on any atom is -0.461 e. The fraction of sp³-hybridized carbons (Fsp3) is 0.182. The van der Waals surface area contributed by atoms with Crippen LogP contribution in [0.2, 0.25) is 5.02 Å². The van der Waals surface area contributed by atoms with Crippen LogP contribution in [0.3, 0.4) is 0 Å². The van der Waals surface area contributed by atoms with Crippen molar-refractivity contribution in [3.8, 4) is 0 Å². The molecule has 7 heteroatoms. The van der Waals surface area contributed by atoms with E-state index in [1.807, 2.05) is 0 Å². The van der Waals surface area contributed by atoms with Gasteiger partial charge in [0.2, 0.25) is 0 Å². The fourth-order valence-corrected chi connectivity index (χ4v) is 1.73. The standard InChI is InChI=1S/C11H7ClF2N2O2/c1-2-18-11(17)10-8(12)7-5(13)3-4-6(14)9(7)15-16-10/h3-4H,2H2,1H3. The van der Waals surface area contributed by atoms with E-state index in [1.54, 1.807) is 6.92 Å². The molecule has 0 bridgehead atoms. The number of carbonyl (C=O) groups excluding carboxylic acids is 1. The molecule has 0 aliphatic rings. The highest BCUT2D eigenvalue weighted by Gasteiger charge is 2.21. The number of hydrogen-bond donors (Lipinski definition) is 0. The summed E-state index contributed by atoms with van der Waals surface area (Å²) in [7, 11) is 0. The molecule has 18 heavy (non-hydrogen) atoms. The number of carbonyl (C=O) groups is 1. The van der Waals surface area contributed by atoms with E-state index in [-0.39, 0.29) is 28.2 Å². The van der Waals surface area contributed by atoms with Gasteiger partial charge in [0, 0.05) is 0 Å². The molecule has 0 unspecified atom stereocenters. The van der Waals surface area contributed by atoms with Gasteiger partial charge in [0.25, 0.3) is 0 Å². The molecule has 1 aromatic heterocycles. The van der Waals surface area contributed by atoms with Gasteiger partial charge in [-0.2, -0.15) is 0 Å². The predicted octanol–water partition coefficient (Wildman–Crippen LogP) is 2.74. The third-order valence-corrected chi connectivity index (χ3v) is 2.59. The Balaban J connectivity index is 2.71. The second-order valence-electron chi connectivity index (χ2n) is 3.34. The van der Waals surface area contributed by atoms with Gasteiger partial charge in [-0.3, -0.25) is 0 Å². The maximum atomic E-state index is 13.6. The van der Waals surface area contributed by atoms with Gasteiger partial charge in [-0.05, 0) is 19.1 Å². The molecule has 0 saturated heterocycles. The molecule has 0 atom stereocenters. The molecule has 0 saturated carbocycles. The summed E-state index contributed by atoms with van der Waals surface area (Å²) in [4.78, 5) is 11.5. The zero-order chi connectivity index (χ0) is 13.3. The number of benzene rings is 1. The highest BCUT2D eigenvalue weighted by Crippen LogP contribution is 2.28. The van der Waals surface area contributed by atoms with Crippen molar-refractivity contribution in [2.45, 2.75) is 6.92 Å². The topological polar surface area (TPSA) is 52.1 Å². The van der Waals surface area contributed by atoms with Gasteiger partial charge in [0.1, 0.15) is 11.3 Å². The summed E-state index contributed by atoms with van der Waals surface area (Å²) in [6.45, 7) is 1.71. The van der Waals surface area contributed by atoms with E-state index in [0.717, 1.165) is 12.1 Å². The van der Waals surface area contributed by atoms with Crippen molar-refractivity contribution < 1.29 is 18.3 Å². The first-order chi connectivity index (χ1) is 8.56. The summed E-state index contributed by atoms with van der Waals surface area (Å²) in [5, 5.41) is 6.33. The van der Waals surface area contributed by atoms with Crippen molar-refractivity contribution in [2.24, 2.45) is 0 Å². The Hall–Kier alpha value is -1.82. The third-order valence-electron chi connectivity index (χ3n) is 2.22. The quantitative estimate of drug-likeness (QED) is 0.789. The van der Waals surface area contributed by atoms with Crippen molar-refractivity contribution in [1.82, 2.24) is 10.2 Å². The summed E-state index contributed by atoms with van der Waals surface area (Å²) in [6.07, 6.45) is 0. The molecule has 4 nitrogen and oxygen atoms in total. The summed E-state index contributed by atoms with van der Waals surface area (Å²) in [5.74, 6) is -2.38. The first kappa shape index (κ1) is 12.6. The molecule has 1 heterocycles. The van der Waals surface area contributed by atoms with Crippen LogP contribution in [-0.2, 0) is 4.74 Å². The van der Waals surface area contributed by atoms with Gasteiger partial charge in [-0.1, -0.05) is 11.6 Å². The number of halogens is 3. The zero-order valence-corrected chi connectivity index (χ0v) is 9.96. The summed E-state index contributed by atoms with van der Waals surface area (Å²) >= 11 is 5.84. The van der Waals surface area contributed by atoms with Gasteiger partial charge in [-0.25, -0.2) is 13.6 Å². The molecule has 0 radical (unpaired) electrons. The average Bonchev–Trinajstić information content (AvgIpc) is 2.34. The number of hydrogen-bond acceptors (Lipinski definition) is 4. The molecule has 2 rings (SSSR count). The maximum Gasteiger partial charge on any atom is 0.360 e. The van der Waals surface area contributed by atoms with E-state index in [9.17, 15) is 13.6 Å². The Morgan fingerprint density at radius 3 is 2.67 bits per heavy atom. The van der Waals surface area contributed by atoms with Crippen molar-refractivity contribution in [1.29, 1.82) is 0 Å². The maximum absolute atomic E-state index is 13.6. The van der Waals surface area contributed by atoms with Crippen molar-refractivity contribution in [3.05, 3.63) is 34.5 Å². The number of aromatic nitrogens is 2. The molecule has 94 valence electrons. The minimum absolute atomic E-state index is 0.112. The summed E-state index contributed by atoms with van der Waals surface area (Å²) < 4.78 is 31.7. The monoisotopic (exact) mass is 272 g/mol. The zero-order valence-electron chi connectivity index (χ0n) is 9.21. The van der Waals surface area contributed by atoms with E-state index < -0.39 is 17.6 Å². The van der Waals surface area contributed by atoms with Crippen LogP contribution in [-0.4, -0.2) is 22.8 Å². The molecular weight excluding hydrogens is 266 g/mol. The van der Waals surface area contributed by atoms with Crippen LogP contribution in [0.1, 0.15) is 17.4 Å². The lowest BCUT2D eigenvalue weighted by molar-refractivity contribution is 0.0518. The lowest BCUT2D eigenvalue weighted by atomic mass is 10.2. The number of esters is 1. The molecule has 1 aromatic carbocycles. The lowest BCUT2D eigenvalue weighted by Crippen LogP contribution is -2.10. The summed E-state index contributed by atoms with van der Waals surface area (Å²) in [5.41, 5.74) is -0.663. The number of nitrogens with zero attached hydrogens (tertiary/aromatic N) is 2. The van der Waals surface area contributed by atoms with E-state index in [2.05, 4.69) is 14.9 Å². The lowest BCUT2D eigenvalue weighted by Gasteiger charge is -2.06. The number of rotatable bonds is 2. The molecule has 0 aliphatic carbocycles. The molecule has 0 amide bonds. The van der Waals surface area contributed by atoms with Crippen LogP contribution >= 0.6 is 11.6 Å². The van der Waals surface area contributed by atoms with Crippen LogP contribution < -0.4 is 0 Å². The summed E-state index contributed by atoms with van der Waals surface area (Å²) in [6, 6.07) is 1.81. The Morgan fingerprint density at radius 1 is 1.33 bits per heavy atom. The Bertz CT molecular complexity index is 634. The molecule has 0 N–H and O–H groups in total. The van der Waals surface area contributed by atoms with E-state index >= 15 is 0 Å². The largest absolute Gasteiger partial charge is 0.461 e. The average molecular weight is 273 g/mol. The van der Waals surface area contributed by atoms with Crippen LogP contribution in [0.15, 0.2) is 12.1 Å². The Morgan fingerprint density at radius 2 is 2.00 bits per heavy atom. The van der Waals surface area contributed by atoms with Gasteiger partial charge >= 0.3 is 5.97 Å². The number of fused-ring (bicyclic) bond motifs is 1. The van der Waals surface area contributed by atoms with Crippen LogP contribution in [0.25, 0.3) is 10.9 Å². The first-order valence-electron chi connectivity index (χ1n) is 5.03. The smallest absolute Gasteiger partial charge is 0.360 e. The third kappa shape index (κ3) is 1.99. The van der Waals surface area contributed by atoms with E-state index in [0.29, 0.717) is 0 Å². The minimum atomic E-state index is -0.833. The normalized spacial score (nSPS) is 10.7. The fourth-order valence-electron chi connectivity index (χ4n) is 1.44. The molecule has 0 fully saturated rings. The SMILES string of the molecule is CCOC(=O)c1nnc2c(F)ccc(F)c2c1Cl. The van der Waals surface area contributed by atoms with E-state index in [4.69, 9.17) is 11.6 Å². The highest BCUT2D eigenvalue weighted by molar-refractivity contribution is 6.37. The van der Waals surface area contributed by atoms with Crippen LogP contribution in [0.5, 0.6) is 0 Å². The van der Waals surface area contributed by atoms with Gasteiger partial charge in [0.05, 0.1) is 17.0 Å². The molecule has 2 aromatic rings. The van der Waals surface area contributed by atoms with Crippen LogP contribution in [0, 0.1) is 11.6 Å². The predicted molar refractivity (Wildman–Crippen MR) is 60.4 cm³/mol. The number of ether oxygens (including phenoxy) is 1. The van der Waals surface area contributed by atoms with Crippen molar-refractivity contribution >= 4 is 28.5 Å². The van der Waals surface area contributed by atoms with Crippen LogP contribution in [0.4, 0.5) is 8.78 Å². The van der Waals surface area contributed by atoms with Crippen molar-refractivity contribution in [3.63, 3.8) is 0 Å². The first-order valence-corrected chi connectivity index (χ1v) is 5.41.